The molecule has 0 bridgehead atoms. The molecule has 6 heteroatoms. The molecule has 1 saturated heterocycles. The van der Waals surface area contributed by atoms with Crippen LogP contribution in [0.25, 0.3) is 10.9 Å². The monoisotopic (exact) mass is 436 g/mol. The van der Waals surface area contributed by atoms with Crippen LogP contribution >= 0.6 is 0 Å². The van der Waals surface area contributed by atoms with Gasteiger partial charge in [-0.15, -0.1) is 0 Å². The van der Waals surface area contributed by atoms with Crippen LogP contribution in [0.3, 0.4) is 0 Å². The van der Waals surface area contributed by atoms with Crippen LogP contribution in [0.5, 0.6) is 11.5 Å². The van der Waals surface area contributed by atoms with Crippen molar-refractivity contribution in [2.75, 3.05) is 26.7 Å². The topological polar surface area (TPSA) is 78.0 Å². The minimum absolute atomic E-state index is 0.367. The van der Waals surface area contributed by atoms with Gasteiger partial charge < -0.3 is 29.6 Å². The van der Waals surface area contributed by atoms with Crippen molar-refractivity contribution in [3.63, 3.8) is 0 Å². The number of aromatic amines is 1. The van der Waals surface area contributed by atoms with Crippen LogP contribution in [0.2, 0.25) is 0 Å². The van der Waals surface area contributed by atoms with E-state index >= 15 is 0 Å². The molecule has 2 aromatic carbocycles. The first-order chi connectivity index (χ1) is 15.4. The lowest BCUT2D eigenvalue weighted by Gasteiger charge is -2.46. The molecular formula is C26H32N2O4. The number of hydrogen-bond donors (Lipinski definition) is 3. The number of nitrogens with zero attached hydrogens (tertiary/aromatic N) is 1. The predicted molar refractivity (Wildman–Crippen MR) is 124 cm³/mol. The number of rotatable bonds is 4. The molecule has 32 heavy (non-hydrogen) atoms. The molecule has 1 aromatic heterocycles. The van der Waals surface area contributed by atoms with Crippen LogP contribution in [0.1, 0.15) is 53.9 Å². The van der Waals surface area contributed by atoms with E-state index in [1.54, 1.807) is 7.11 Å². The van der Waals surface area contributed by atoms with Crippen LogP contribution in [0.15, 0.2) is 36.4 Å². The maximum atomic E-state index is 11.1. The van der Waals surface area contributed by atoms with E-state index in [-0.39, 0.29) is 5.60 Å². The number of benzene rings is 2. The van der Waals surface area contributed by atoms with E-state index in [1.165, 1.54) is 5.56 Å². The third-order valence-electron chi connectivity index (χ3n) is 7.19. The zero-order chi connectivity index (χ0) is 22.5. The van der Waals surface area contributed by atoms with Crippen LogP contribution in [0.4, 0.5) is 0 Å². The molecule has 0 aliphatic carbocycles. The van der Waals surface area contributed by atoms with Gasteiger partial charge in [-0.1, -0.05) is 12.1 Å². The van der Waals surface area contributed by atoms with Crippen molar-refractivity contribution in [1.29, 1.82) is 0 Å². The number of piperidine rings is 1. The van der Waals surface area contributed by atoms with E-state index in [2.05, 4.69) is 35.0 Å². The summed E-state index contributed by atoms with van der Waals surface area (Å²) in [5.41, 5.74) is 4.76. The Morgan fingerprint density at radius 3 is 2.72 bits per heavy atom. The summed E-state index contributed by atoms with van der Waals surface area (Å²) in [6.07, 6.45) is 1.16. The predicted octanol–water partition coefficient (Wildman–Crippen LogP) is 4.18. The number of fused-ring (bicyclic) bond motifs is 2. The van der Waals surface area contributed by atoms with Gasteiger partial charge in [0.2, 0.25) is 0 Å². The van der Waals surface area contributed by atoms with Gasteiger partial charge in [-0.05, 0) is 50.5 Å². The number of ether oxygens (including phenoxy) is 2. The fraction of sp³-hybridized carbons (Fsp3) is 0.462. The van der Waals surface area contributed by atoms with Crippen molar-refractivity contribution in [1.82, 2.24) is 9.88 Å². The van der Waals surface area contributed by atoms with Gasteiger partial charge >= 0.3 is 0 Å². The number of aliphatic hydroxyl groups is 2. The lowest BCUT2D eigenvalue weighted by Crippen LogP contribution is -2.51. The van der Waals surface area contributed by atoms with Gasteiger partial charge in [0.05, 0.1) is 19.3 Å². The third-order valence-corrected chi connectivity index (χ3v) is 7.19. The van der Waals surface area contributed by atoms with Gasteiger partial charge in [-0.3, -0.25) is 0 Å². The molecule has 3 aromatic rings. The van der Waals surface area contributed by atoms with Crippen LogP contribution in [-0.2, 0) is 0 Å². The summed E-state index contributed by atoms with van der Waals surface area (Å²) in [5, 5.41) is 22.9. The summed E-state index contributed by atoms with van der Waals surface area (Å²) in [5.74, 6) is 1.46. The molecule has 0 saturated carbocycles. The van der Waals surface area contributed by atoms with Gasteiger partial charge in [0, 0.05) is 59.8 Å². The lowest BCUT2D eigenvalue weighted by molar-refractivity contribution is -0.0588. The number of aryl methyl sites for hydroxylation is 2. The fourth-order valence-corrected chi connectivity index (χ4v) is 5.42. The molecular weight excluding hydrogens is 404 g/mol. The Bertz CT molecular complexity index is 1130. The maximum absolute atomic E-state index is 11.1. The van der Waals surface area contributed by atoms with Crippen molar-refractivity contribution in [3.8, 4) is 11.5 Å². The van der Waals surface area contributed by atoms with Crippen molar-refractivity contribution in [2.24, 2.45) is 0 Å². The third kappa shape index (κ3) is 3.76. The number of aromatic nitrogens is 1. The summed E-state index contributed by atoms with van der Waals surface area (Å²) >= 11 is 0. The number of aliphatic hydroxyl groups excluding tert-OH is 2. The van der Waals surface area contributed by atoms with Crippen LogP contribution in [-0.4, -0.2) is 52.4 Å². The van der Waals surface area contributed by atoms with Crippen LogP contribution in [0, 0.1) is 13.8 Å². The van der Waals surface area contributed by atoms with Crippen molar-refractivity contribution in [3.05, 3.63) is 58.8 Å². The second-order valence-electron chi connectivity index (χ2n) is 9.44. The molecule has 2 atom stereocenters. The Labute approximate surface area is 188 Å². The first-order valence-electron chi connectivity index (χ1n) is 11.4. The van der Waals surface area contributed by atoms with Gasteiger partial charge in [-0.25, -0.2) is 0 Å². The summed E-state index contributed by atoms with van der Waals surface area (Å²) in [4.78, 5) is 5.72. The normalized spacial score (nSPS) is 21.3. The summed E-state index contributed by atoms with van der Waals surface area (Å²) in [6, 6.07) is 11.9. The number of nitrogens with one attached hydrogen (secondary N) is 1. The van der Waals surface area contributed by atoms with Crippen molar-refractivity contribution in [2.45, 2.75) is 50.9 Å². The highest BCUT2D eigenvalue weighted by Crippen LogP contribution is 2.45. The summed E-state index contributed by atoms with van der Waals surface area (Å²) < 4.78 is 11.8. The van der Waals surface area contributed by atoms with Crippen LogP contribution < -0.4 is 9.47 Å². The molecule has 3 N–H and O–H groups in total. The minimum atomic E-state index is -0.552. The van der Waals surface area contributed by atoms with Gasteiger partial charge in [0.25, 0.3) is 0 Å². The molecule has 1 fully saturated rings. The largest absolute Gasteiger partial charge is 0.497 e. The van der Waals surface area contributed by atoms with Gasteiger partial charge in [0.1, 0.15) is 17.1 Å². The SMILES string of the molecule is COc1ccc2c(c1)OC1(CCN(C[C@H](O)c3c(C)[nH]c4cc(C)ccc34)CC1)C[C@H]2O. The first kappa shape index (κ1) is 21.3. The number of H-pyrrole nitrogens is 1. The van der Waals surface area contributed by atoms with E-state index in [1.807, 2.05) is 25.1 Å². The first-order valence-corrected chi connectivity index (χ1v) is 11.4. The second-order valence-corrected chi connectivity index (χ2v) is 9.44. The number of likely N-dealkylation sites (tertiary alicyclic amines) is 1. The zero-order valence-corrected chi connectivity index (χ0v) is 19.0. The van der Waals surface area contributed by atoms with E-state index in [0.717, 1.165) is 65.2 Å². The molecule has 0 radical (unpaired) electrons. The molecule has 3 heterocycles. The highest BCUT2D eigenvalue weighted by molar-refractivity contribution is 5.85. The number of hydrogen-bond acceptors (Lipinski definition) is 5. The smallest absolute Gasteiger partial charge is 0.129 e. The summed E-state index contributed by atoms with van der Waals surface area (Å²) in [7, 11) is 1.64. The average Bonchev–Trinajstić information content (AvgIpc) is 3.09. The quantitative estimate of drug-likeness (QED) is 0.572. The van der Waals surface area contributed by atoms with E-state index < -0.39 is 12.2 Å². The Hall–Kier alpha value is -2.54. The number of β-amino-alcohol motifs (C(OH)–C–C–N with tert-alkyl or cyclic N) is 1. The highest BCUT2D eigenvalue weighted by atomic mass is 16.5. The highest BCUT2D eigenvalue weighted by Gasteiger charge is 2.43. The molecule has 2 aliphatic rings. The molecule has 6 nitrogen and oxygen atoms in total. The molecule has 0 amide bonds. The Balaban J connectivity index is 1.28. The van der Waals surface area contributed by atoms with Gasteiger partial charge in [0.15, 0.2) is 0 Å². The van der Waals surface area contributed by atoms with E-state index in [0.29, 0.717) is 13.0 Å². The maximum Gasteiger partial charge on any atom is 0.129 e. The summed E-state index contributed by atoms with van der Waals surface area (Å²) in [6.45, 7) is 6.34. The fourth-order valence-electron chi connectivity index (χ4n) is 5.42. The Kier molecular flexibility index (Phi) is 5.40. The lowest BCUT2D eigenvalue weighted by atomic mass is 9.81. The minimum Gasteiger partial charge on any atom is -0.497 e. The van der Waals surface area contributed by atoms with Crippen molar-refractivity contribution >= 4 is 10.9 Å². The van der Waals surface area contributed by atoms with E-state index in [9.17, 15) is 10.2 Å². The van der Waals surface area contributed by atoms with Crippen molar-refractivity contribution < 1.29 is 19.7 Å². The van der Waals surface area contributed by atoms with Gasteiger partial charge in [-0.2, -0.15) is 0 Å². The molecule has 5 rings (SSSR count). The number of methoxy groups -OCH3 is 1. The molecule has 0 unspecified atom stereocenters. The van der Waals surface area contributed by atoms with E-state index in [4.69, 9.17) is 9.47 Å². The Morgan fingerprint density at radius 1 is 1.19 bits per heavy atom. The molecule has 2 aliphatic heterocycles. The Morgan fingerprint density at radius 2 is 1.97 bits per heavy atom. The average molecular weight is 437 g/mol. The molecule has 170 valence electrons. The standard InChI is InChI=1S/C26H32N2O4/c1-16-4-6-19-21(12-16)27-17(2)25(19)23(30)15-28-10-8-26(9-11-28)14-22(29)20-7-5-18(31-3)13-24(20)32-26/h4-7,12-13,22-23,27,29-30H,8-11,14-15H2,1-3H3/t22-,23+/m1/s1. The second kappa shape index (κ2) is 8.10. The zero-order valence-electron chi connectivity index (χ0n) is 19.0. The molecule has 1 spiro atoms.